The summed E-state index contributed by atoms with van der Waals surface area (Å²) in [4.78, 5) is 28.3. The minimum Gasteiger partial charge on any atom is -0.396 e. The van der Waals surface area contributed by atoms with Crippen LogP contribution >= 0.6 is 22.9 Å². The summed E-state index contributed by atoms with van der Waals surface area (Å²) >= 11 is 7.56. The Morgan fingerprint density at radius 3 is 2.62 bits per heavy atom. The van der Waals surface area contributed by atoms with Crippen LogP contribution < -0.4 is 5.32 Å². The zero-order valence-electron chi connectivity index (χ0n) is 16.4. The lowest BCUT2D eigenvalue weighted by molar-refractivity contribution is -0.125. The Morgan fingerprint density at radius 2 is 1.86 bits per heavy atom. The summed E-state index contributed by atoms with van der Waals surface area (Å²) in [5.74, 6) is 0.00774. The molecule has 1 aromatic heterocycles. The van der Waals surface area contributed by atoms with Gasteiger partial charge in [0, 0.05) is 39.4 Å². The second-order valence-electron chi connectivity index (χ2n) is 8.09. The fraction of sp³-hybridized carbons (Fsp3) is 0.478. The molecule has 4 rings (SSSR count). The Kier molecular flexibility index (Phi) is 6.38. The Hall–Kier alpha value is -1.69. The number of aliphatic hydroxyl groups is 1. The Labute approximate surface area is 180 Å². The van der Waals surface area contributed by atoms with Gasteiger partial charge in [0.1, 0.15) is 5.78 Å². The summed E-state index contributed by atoms with van der Waals surface area (Å²) in [5.41, 5.74) is 2.51. The molecule has 2 N–H and O–H groups in total. The van der Waals surface area contributed by atoms with E-state index in [9.17, 15) is 14.7 Å². The molecule has 4 nitrogen and oxygen atoms in total. The number of fused-ring (bicyclic) bond motifs is 1. The standard InChI is InChI=1S/C23H26ClNO3S/c24-15-8-10-16(11-9-15)25-23(28)22-18-6-3-7-20(18)29-21(22)12-19(27)17-5-2-1-4-14(17)13-26/h8-11,14,17,26H,1-7,12-13H2,(H,25,28). The number of carbonyl (C=O) groups is 2. The largest absolute Gasteiger partial charge is 0.396 e. The molecule has 154 valence electrons. The number of halogens is 1. The number of aliphatic hydroxyl groups excluding tert-OH is 1. The lowest BCUT2D eigenvalue weighted by atomic mass is 9.76. The third-order valence-electron chi connectivity index (χ3n) is 6.22. The first-order valence-electron chi connectivity index (χ1n) is 10.4. The van der Waals surface area contributed by atoms with Crippen LogP contribution in [0, 0.1) is 11.8 Å². The number of ketones is 1. The van der Waals surface area contributed by atoms with Gasteiger partial charge in [0.25, 0.3) is 5.91 Å². The molecule has 0 spiro atoms. The van der Waals surface area contributed by atoms with Gasteiger partial charge < -0.3 is 10.4 Å². The molecule has 0 aliphatic heterocycles. The van der Waals surface area contributed by atoms with Gasteiger partial charge in [0.15, 0.2) is 0 Å². The number of rotatable bonds is 6. The first-order chi connectivity index (χ1) is 14.1. The van der Waals surface area contributed by atoms with Gasteiger partial charge in [-0.25, -0.2) is 0 Å². The van der Waals surface area contributed by atoms with Crippen molar-refractivity contribution in [2.45, 2.75) is 51.4 Å². The van der Waals surface area contributed by atoms with Crippen LogP contribution in [0.2, 0.25) is 5.02 Å². The lowest BCUT2D eigenvalue weighted by Gasteiger charge is -2.29. The number of Topliss-reactive ketones (excluding diaryl/α,β-unsaturated/α-hetero) is 1. The molecule has 2 aliphatic carbocycles. The van der Waals surface area contributed by atoms with E-state index in [1.807, 2.05) is 0 Å². The number of hydrogen-bond acceptors (Lipinski definition) is 4. The van der Waals surface area contributed by atoms with Crippen molar-refractivity contribution in [1.82, 2.24) is 0 Å². The number of benzene rings is 1. The number of carbonyl (C=O) groups excluding carboxylic acids is 2. The van der Waals surface area contributed by atoms with E-state index in [2.05, 4.69) is 5.32 Å². The molecule has 6 heteroatoms. The molecule has 0 saturated heterocycles. The Morgan fingerprint density at radius 1 is 1.10 bits per heavy atom. The van der Waals surface area contributed by atoms with E-state index in [1.165, 1.54) is 4.88 Å². The van der Waals surface area contributed by atoms with E-state index < -0.39 is 0 Å². The summed E-state index contributed by atoms with van der Waals surface area (Å²) < 4.78 is 0. The van der Waals surface area contributed by atoms with Crippen molar-refractivity contribution in [2.75, 3.05) is 11.9 Å². The number of hydrogen-bond donors (Lipinski definition) is 2. The number of thiophene rings is 1. The third-order valence-corrected chi connectivity index (χ3v) is 7.76. The highest BCUT2D eigenvalue weighted by molar-refractivity contribution is 7.12. The first kappa shape index (κ1) is 20.6. The van der Waals surface area contributed by atoms with Crippen LogP contribution in [-0.2, 0) is 24.1 Å². The monoisotopic (exact) mass is 431 g/mol. The van der Waals surface area contributed by atoms with Gasteiger partial charge in [-0.15, -0.1) is 11.3 Å². The zero-order chi connectivity index (χ0) is 20.4. The van der Waals surface area contributed by atoms with E-state index in [0.717, 1.165) is 55.4 Å². The topological polar surface area (TPSA) is 66.4 Å². The molecule has 1 amide bonds. The van der Waals surface area contributed by atoms with E-state index in [0.29, 0.717) is 22.7 Å². The van der Waals surface area contributed by atoms with Crippen molar-refractivity contribution in [3.8, 4) is 0 Å². The molecule has 2 unspecified atom stereocenters. The smallest absolute Gasteiger partial charge is 0.257 e. The van der Waals surface area contributed by atoms with Crippen LogP contribution in [0.15, 0.2) is 24.3 Å². The molecule has 2 aromatic rings. The van der Waals surface area contributed by atoms with E-state index >= 15 is 0 Å². The van der Waals surface area contributed by atoms with Gasteiger partial charge in [-0.1, -0.05) is 24.4 Å². The van der Waals surface area contributed by atoms with Crippen molar-refractivity contribution in [1.29, 1.82) is 0 Å². The van der Waals surface area contributed by atoms with Crippen molar-refractivity contribution >= 4 is 40.3 Å². The molecule has 1 heterocycles. The summed E-state index contributed by atoms with van der Waals surface area (Å²) in [6, 6.07) is 7.06. The quantitative estimate of drug-likeness (QED) is 0.672. The molecule has 1 saturated carbocycles. The molecule has 0 radical (unpaired) electrons. The van der Waals surface area contributed by atoms with Crippen molar-refractivity contribution in [3.05, 3.63) is 50.2 Å². The van der Waals surface area contributed by atoms with E-state index in [4.69, 9.17) is 11.6 Å². The average molecular weight is 432 g/mol. The fourth-order valence-electron chi connectivity index (χ4n) is 4.72. The van der Waals surface area contributed by atoms with Gasteiger partial charge in [0.05, 0.1) is 5.56 Å². The summed E-state index contributed by atoms with van der Waals surface area (Å²) in [5, 5.41) is 13.3. The number of aryl methyl sites for hydroxylation is 1. The lowest BCUT2D eigenvalue weighted by Crippen LogP contribution is -2.30. The summed E-state index contributed by atoms with van der Waals surface area (Å²) in [6.07, 6.45) is 7.12. The Balaban J connectivity index is 1.57. The average Bonchev–Trinajstić information content (AvgIpc) is 3.30. The predicted molar refractivity (Wildman–Crippen MR) is 117 cm³/mol. The predicted octanol–water partition coefficient (Wildman–Crippen LogP) is 5.05. The van der Waals surface area contributed by atoms with Crippen LogP contribution in [-0.4, -0.2) is 23.4 Å². The van der Waals surface area contributed by atoms with Gasteiger partial charge in [-0.3, -0.25) is 9.59 Å². The van der Waals surface area contributed by atoms with E-state index in [-0.39, 0.29) is 30.1 Å². The molecule has 1 aromatic carbocycles. The van der Waals surface area contributed by atoms with Crippen LogP contribution in [0.25, 0.3) is 0 Å². The SMILES string of the molecule is O=C(Nc1ccc(Cl)cc1)c1c(CC(=O)C2CCCCC2CO)sc2c1CCC2. The van der Waals surface area contributed by atoms with Crippen molar-refractivity contribution in [2.24, 2.45) is 11.8 Å². The molecular weight excluding hydrogens is 406 g/mol. The van der Waals surface area contributed by atoms with Crippen LogP contribution in [0.4, 0.5) is 5.69 Å². The normalized spacial score (nSPS) is 21.0. The molecule has 29 heavy (non-hydrogen) atoms. The van der Waals surface area contributed by atoms with Gasteiger partial charge >= 0.3 is 0 Å². The van der Waals surface area contributed by atoms with Crippen molar-refractivity contribution in [3.63, 3.8) is 0 Å². The first-order valence-corrected chi connectivity index (χ1v) is 11.6. The molecule has 0 bridgehead atoms. The molecule has 1 fully saturated rings. The second-order valence-corrected chi connectivity index (χ2v) is 9.72. The second kappa shape index (κ2) is 8.99. The Bertz CT molecular complexity index is 906. The minimum absolute atomic E-state index is 0.0643. The fourth-order valence-corrected chi connectivity index (χ4v) is 6.25. The van der Waals surface area contributed by atoms with Crippen molar-refractivity contribution < 1.29 is 14.7 Å². The highest BCUT2D eigenvalue weighted by atomic mass is 35.5. The summed E-state index contributed by atoms with van der Waals surface area (Å²) in [6.45, 7) is 0.0707. The molecular formula is C23H26ClNO3S. The van der Waals surface area contributed by atoms with Gasteiger partial charge in [0.2, 0.25) is 0 Å². The van der Waals surface area contributed by atoms with E-state index in [1.54, 1.807) is 35.6 Å². The number of nitrogens with one attached hydrogen (secondary N) is 1. The van der Waals surface area contributed by atoms with Crippen LogP contribution in [0.5, 0.6) is 0 Å². The van der Waals surface area contributed by atoms with Crippen LogP contribution in [0.1, 0.15) is 57.8 Å². The molecule has 2 aliphatic rings. The highest BCUT2D eigenvalue weighted by Gasteiger charge is 2.33. The number of anilines is 1. The zero-order valence-corrected chi connectivity index (χ0v) is 18.0. The minimum atomic E-state index is -0.142. The summed E-state index contributed by atoms with van der Waals surface area (Å²) in [7, 11) is 0. The molecule has 2 atom stereocenters. The maximum absolute atomic E-state index is 13.1. The number of amides is 1. The maximum atomic E-state index is 13.1. The maximum Gasteiger partial charge on any atom is 0.257 e. The third kappa shape index (κ3) is 4.42. The van der Waals surface area contributed by atoms with Gasteiger partial charge in [-0.2, -0.15) is 0 Å². The van der Waals surface area contributed by atoms with Gasteiger partial charge in [-0.05, 0) is 67.9 Å². The highest BCUT2D eigenvalue weighted by Crippen LogP contribution is 2.38. The van der Waals surface area contributed by atoms with Crippen LogP contribution in [0.3, 0.4) is 0 Å².